The Morgan fingerprint density at radius 3 is 2.70 bits per heavy atom. The lowest BCUT2D eigenvalue weighted by Crippen LogP contribution is -2.00. The van der Waals surface area contributed by atoms with Crippen LogP contribution in [0.2, 0.25) is 0 Å². The lowest BCUT2D eigenvalue weighted by molar-refractivity contribution is 0.0961. The lowest BCUT2D eigenvalue weighted by Gasteiger charge is -2.12. The van der Waals surface area contributed by atoms with Crippen molar-refractivity contribution in [2.45, 2.75) is 6.61 Å². The van der Waals surface area contributed by atoms with Crippen LogP contribution >= 0.6 is 0 Å². The van der Waals surface area contributed by atoms with Gasteiger partial charge >= 0.3 is 0 Å². The Labute approximate surface area is 116 Å². The molecule has 4 heteroatoms. The van der Waals surface area contributed by atoms with Crippen LogP contribution in [0.25, 0.3) is 0 Å². The van der Waals surface area contributed by atoms with E-state index < -0.39 is 0 Å². The number of methoxy groups -OCH3 is 1. The maximum absolute atomic E-state index is 11.7. The molecule has 0 spiro atoms. The second-order valence-electron chi connectivity index (χ2n) is 4.49. The van der Waals surface area contributed by atoms with E-state index in [9.17, 15) is 4.79 Å². The smallest absolute Gasteiger partial charge is 0.204 e. The Balaban J connectivity index is 1.85. The first-order valence-corrected chi connectivity index (χ1v) is 6.32. The molecule has 0 N–H and O–H groups in total. The molecule has 4 nitrogen and oxygen atoms in total. The van der Waals surface area contributed by atoms with Gasteiger partial charge in [0.25, 0.3) is 0 Å². The third-order valence-electron chi connectivity index (χ3n) is 3.16. The van der Waals surface area contributed by atoms with Crippen molar-refractivity contribution in [1.82, 2.24) is 0 Å². The number of ketones is 1. The van der Waals surface area contributed by atoms with E-state index in [4.69, 9.17) is 14.2 Å². The Morgan fingerprint density at radius 1 is 1.15 bits per heavy atom. The molecule has 2 aromatic carbocycles. The van der Waals surface area contributed by atoms with Gasteiger partial charge in [-0.05, 0) is 11.6 Å². The van der Waals surface area contributed by atoms with Crippen molar-refractivity contribution in [3.8, 4) is 17.2 Å². The van der Waals surface area contributed by atoms with Gasteiger partial charge in [0.2, 0.25) is 5.78 Å². The quantitative estimate of drug-likeness (QED) is 0.857. The van der Waals surface area contributed by atoms with Gasteiger partial charge in [-0.3, -0.25) is 4.79 Å². The molecule has 1 aliphatic heterocycles. The summed E-state index contributed by atoms with van der Waals surface area (Å²) in [5.41, 5.74) is 1.60. The standard InChI is InChI=1S/C16H14O4/c1-18-15-8-14-12(13(17)10-20-14)7-16(15)19-9-11-5-3-2-4-6-11/h2-8H,9-10H2,1H3. The Morgan fingerprint density at radius 2 is 1.95 bits per heavy atom. The summed E-state index contributed by atoms with van der Waals surface area (Å²) < 4.78 is 16.3. The van der Waals surface area contributed by atoms with Gasteiger partial charge in [0.15, 0.2) is 18.1 Å². The van der Waals surface area contributed by atoms with E-state index in [1.165, 1.54) is 0 Å². The number of rotatable bonds is 4. The van der Waals surface area contributed by atoms with E-state index in [1.807, 2.05) is 30.3 Å². The maximum atomic E-state index is 11.7. The summed E-state index contributed by atoms with van der Waals surface area (Å²) in [7, 11) is 1.56. The molecule has 0 amide bonds. The molecular weight excluding hydrogens is 256 g/mol. The lowest BCUT2D eigenvalue weighted by atomic mass is 10.1. The van der Waals surface area contributed by atoms with Crippen molar-refractivity contribution in [1.29, 1.82) is 0 Å². The van der Waals surface area contributed by atoms with Gasteiger partial charge in [0, 0.05) is 6.07 Å². The van der Waals surface area contributed by atoms with E-state index in [0.29, 0.717) is 29.4 Å². The zero-order chi connectivity index (χ0) is 13.9. The molecule has 2 aromatic rings. The average molecular weight is 270 g/mol. The number of ether oxygens (including phenoxy) is 3. The zero-order valence-corrected chi connectivity index (χ0v) is 11.1. The van der Waals surface area contributed by atoms with Crippen molar-refractivity contribution in [2.75, 3.05) is 13.7 Å². The minimum Gasteiger partial charge on any atom is -0.493 e. The van der Waals surface area contributed by atoms with Crippen LogP contribution in [0.5, 0.6) is 17.2 Å². The third kappa shape index (κ3) is 2.32. The predicted octanol–water partition coefficient (Wildman–Crippen LogP) is 2.85. The Hall–Kier alpha value is -2.49. The summed E-state index contributed by atoms with van der Waals surface area (Å²) in [6.07, 6.45) is 0. The fraction of sp³-hybridized carbons (Fsp3) is 0.188. The summed E-state index contributed by atoms with van der Waals surface area (Å²) in [4.78, 5) is 11.7. The zero-order valence-electron chi connectivity index (χ0n) is 11.1. The Kier molecular flexibility index (Phi) is 3.29. The number of fused-ring (bicyclic) bond motifs is 1. The molecule has 1 heterocycles. The SMILES string of the molecule is COc1cc2c(cc1OCc1ccccc1)C(=O)CO2. The molecule has 0 saturated carbocycles. The van der Waals surface area contributed by atoms with Crippen LogP contribution in [0, 0.1) is 0 Å². The van der Waals surface area contributed by atoms with E-state index in [0.717, 1.165) is 5.56 Å². The minimum atomic E-state index is -0.0350. The van der Waals surface area contributed by atoms with Crippen molar-refractivity contribution in [3.05, 3.63) is 53.6 Å². The predicted molar refractivity (Wildman–Crippen MR) is 73.6 cm³/mol. The van der Waals surface area contributed by atoms with E-state index >= 15 is 0 Å². The van der Waals surface area contributed by atoms with Crippen LogP contribution < -0.4 is 14.2 Å². The molecule has 0 fully saturated rings. The van der Waals surface area contributed by atoms with E-state index in [2.05, 4.69) is 0 Å². The third-order valence-corrected chi connectivity index (χ3v) is 3.16. The van der Waals surface area contributed by atoms with Gasteiger partial charge in [0.1, 0.15) is 12.4 Å². The van der Waals surface area contributed by atoms with Crippen molar-refractivity contribution >= 4 is 5.78 Å². The van der Waals surface area contributed by atoms with Crippen LogP contribution in [0.3, 0.4) is 0 Å². The van der Waals surface area contributed by atoms with E-state index in [1.54, 1.807) is 19.2 Å². The van der Waals surface area contributed by atoms with Crippen molar-refractivity contribution in [2.24, 2.45) is 0 Å². The first kappa shape index (κ1) is 12.5. The molecule has 0 atom stereocenters. The van der Waals surface area contributed by atoms with Crippen LogP contribution in [-0.2, 0) is 6.61 Å². The van der Waals surface area contributed by atoms with E-state index in [-0.39, 0.29) is 12.4 Å². The monoisotopic (exact) mass is 270 g/mol. The van der Waals surface area contributed by atoms with Gasteiger partial charge in [-0.25, -0.2) is 0 Å². The molecule has 102 valence electrons. The number of hydrogen-bond acceptors (Lipinski definition) is 4. The molecule has 0 radical (unpaired) electrons. The molecular formula is C16H14O4. The normalized spacial score (nSPS) is 12.8. The summed E-state index contributed by atoms with van der Waals surface area (Å²) in [5.74, 6) is 1.63. The number of hydrogen-bond donors (Lipinski definition) is 0. The van der Waals surface area contributed by atoms with Crippen LogP contribution in [-0.4, -0.2) is 19.5 Å². The number of carbonyl (C=O) groups is 1. The molecule has 0 saturated heterocycles. The number of benzene rings is 2. The van der Waals surface area contributed by atoms with Crippen LogP contribution in [0.1, 0.15) is 15.9 Å². The molecule has 0 unspecified atom stereocenters. The van der Waals surface area contributed by atoms with Gasteiger partial charge in [-0.1, -0.05) is 30.3 Å². The van der Waals surface area contributed by atoms with Crippen LogP contribution in [0.15, 0.2) is 42.5 Å². The fourth-order valence-electron chi connectivity index (χ4n) is 2.11. The number of carbonyl (C=O) groups excluding carboxylic acids is 1. The minimum absolute atomic E-state index is 0.0350. The van der Waals surface area contributed by atoms with Crippen molar-refractivity contribution in [3.63, 3.8) is 0 Å². The second kappa shape index (κ2) is 5.25. The average Bonchev–Trinajstić information content (AvgIpc) is 2.86. The highest BCUT2D eigenvalue weighted by Gasteiger charge is 2.24. The largest absolute Gasteiger partial charge is 0.493 e. The summed E-state index contributed by atoms with van der Waals surface area (Å²) in [5, 5.41) is 0. The summed E-state index contributed by atoms with van der Waals surface area (Å²) in [6.45, 7) is 0.506. The van der Waals surface area contributed by atoms with Gasteiger partial charge in [0.05, 0.1) is 12.7 Å². The molecule has 0 bridgehead atoms. The fourth-order valence-corrected chi connectivity index (χ4v) is 2.11. The summed E-state index contributed by atoms with van der Waals surface area (Å²) >= 11 is 0. The number of Topliss-reactive ketones (excluding diaryl/α,β-unsaturated/α-hetero) is 1. The topological polar surface area (TPSA) is 44.8 Å². The molecule has 0 aromatic heterocycles. The second-order valence-corrected chi connectivity index (χ2v) is 4.49. The highest BCUT2D eigenvalue weighted by Crippen LogP contribution is 2.37. The Bertz CT molecular complexity index is 634. The maximum Gasteiger partial charge on any atom is 0.204 e. The first-order chi connectivity index (χ1) is 9.78. The van der Waals surface area contributed by atoms with Gasteiger partial charge in [-0.15, -0.1) is 0 Å². The molecule has 1 aliphatic rings. The molecule has 3 rings (SSSR count). The first-order valence-electron chi connectivity index (χ1n) is 6.32. The van der Waals surface area contributed by atoms with Gasteiger partial charge in [-0.2, -0.15) is 0 Å². The highest BCUT2D eigenvalue weighted by molar-refractivity contribution is 6.02. The van der Waals surface area contributed by atoms with Crippen LogP contribution in [0.4, 0.5) is 0 Å². The molecule has 0 aliphatic carbocycles. The van der Waals surface area contributed by atoms with Crippen molar-refractivity contribution < 1.29 is 19.0 Å². The van der Waals surface area contributed by atoms with Gasteiger partial charge < -0.3 is 14.2 Å². The highest BCUT2D eigenvalue weighted by atomic mass is 16.5. The summed E-state index contributed by atoms with van der Waals surface area (Å²) in [6, 6.07) is 13.2. The molecule has 20 heavy (non-hydrogen) atoms.